The number of carbonyl (C=O) groups is 1. The number of methoxy groups -OCH3 is 1. The second-order valence-electron chi connectivity index (χ2n) is 9.21. The first-order chi connectivity index (χ1) is 18.7. The van der Waals surface area contributed by atoms with E-state index in [1.807, 2.05) is 68.5 Å². The number of benzene rings is 2. The van der Waals surface area contributed by atoms with Crippen molar-refractivity contribution in [1.82, 2.24) is 9.13 Å². The maximum absolute atomic E-state index is 13.9. The van der Waals surface area contributed by atoms with E-state index in [-0.39, 0.29) is 12.2 Å². The summed E-state index contributed by atoms with van der Waals surface area (Å²) in [4.78, 5) is 32.2. The van der Waals surface area contributed by atoms with Gasteiger partial charge in [0.1, 0.15) is 5.75 Å². The van der Waals surface area contributed by atoms with Crippen LogP contribution in [0.1, 0.15) is 42.4 Å². The Kier molecular flexibility index (Phi) is 7.34. The molecule has 0 amide bonds. The Balaban J connectivity index is 1.68. The molecule has 1 aliphatic rings. The third-order valence-corrected chi connectivity index (χ3v) is 8.03. The minimum atomic E-state index is -0.671. The Hall–Kier alpha value is -3.88. The van der Waals surface area contributed by atoms with Crippen LogP contribution in [-0.2, 0) is 9.53 Å². The van der Waals surface area contributed by atoms with Crippen LogP contribution in [0.3, 0.4) is 0 Å². The molecule has 2 aromatic carbocycles. The van der Waals surface area contributed by atoms with Crippen LogP contribution >= 0.6 is 22.9 Å². The fourth-order valence-corrected chi connectivity index (χ4v) is 6.12. The molecule has 1 atom stereocenters. The number of carbonyl (C=O) groups excluding carboxylic acids is 1. The first-order valence-corrected chi connectivity index (χ1v) is 13.7. The molecule has 0 spiro atoms. The molecule has 4 aromatic rings. The Morgan fingerprint density at radius 1 is 1.10 bits per heavy atom. The largest absolute Gasteiger partial charge is 0.497 e. The van der Waals surface area contributed by atoms with Crippen molar-refractivity contribution in [2.45, 2.75) is 33.7 Å². The number of esters is 1. The quantitative estimate of drug-likeness (QED) is 0.315. The van der Waals surface area contributed by atoms with Gasteiger partial charge in [0.25, 0.3) is 5.56 Å². The molecule has 0 aliphatic carbocycles. The third kappa shape index (κ3) is 4.86. The molecular weight excluding hydrogens is 534 g/mol. The predicted octanol–water partition coefficient (Wildman–Crippen LogP) is 4.87. The molecule has 0 fully saturated rings. The number of hydrogen-bond donors (Lipinski definition) is 0. The Morgan fingerprint density at radius 3 is 2.44 bits per heavy atom. The van der Waals surface area contributed by atoms with E-state index in [9.17, 15) is 9.59 Å². The first-order valence-electron chi connectivity index (χ1n) is 12.5. The van der Waals surface area contributed by atoms with Gasteiger partial charge in [-0.2, -0.15) is 0 Å². The molecule has 5 rings (SSSR count). The van der Waals surface area contributed by atoms with Gasteiger partial charge in [0.05, 0.1) is 35.6 Å². The number of hydrogen-bond acceptors (Lipinski definition) is 6. The second kappa shape index (κ2) is 10.7. The summed E-state index contributed by atoms with van der Waals surface area (Å²) < 4.78 is 14.9. The summed E-state index contributed by atoms with van der Waals surface area (Å²) in [6.45, 7) is 7.80. The van der Waals surface area contributed by atoms with Gasteiger partial charge in [0.15, 0.2) is 4.80 Å². The highest BCUT2D eigenvalue weighted by atomic mass is 35.5. The van der Waals surface area contributed by atoms with Crippen LogP contribution in [0.15, 0.2) is 75.7 Å². The number of allylic oxidation sites excluding steroid dienone is 1. The number of halogens is 1. The Morgan fingerprint density at radius 2 is 1.79 bits per heavy atom. The van der Waals surface area contributed by atoms with E-state index in [1.54, 1.807) is 25.5 Å². The molecule has 0 N–H and O–H groups in total. The maximum atomic E-state index is 13.9. The lowest BCUT2D eigenvalue weighted by atomic mass is 9.96. The number of aryl methyl sites for hydroxylation is 1. The van der Waals surface area contributed by atoms with Crippen LogP contribution in [0, 0.1) is 13.8 Å². The number of rotatable bonds is 6. The van der Waals surface area contributed by atoms with Crippen molar-refractivity contribution in [3.63, 3.8) is 0 Å². The van der Waals surface area contributed by atoms with E-state index in [1.165, 1.54) is 11.3 Å². The van der Waals surface area contributed by atoms with E-state index >= 15 is 0 Å². The molecule has 9 heteroatoms. The van der Waals surface area contributed by atoms with Gasteiger partial charge in [0, 0.05) is 22.1 Å². The van der Waals surface area contributed by atoms with Crippen LogP contribution in [0.4, 0.5) is 0 Å². The van der Waals surface area contributed by atoms with Gasteiger partial charge in [-0.3, -0.25) is 9.36 Å². The zero-order valence-corrected chi connectivity index (χ0v) is 23.9. The van der Waals surface area contributed by atoms with E-state index in [0.29, 0.717) is 31.4 Å². The minimum Gasteiger partial charge on any atom is -0.497 e. The number of thiazole rings is 1. The van der Waals surface area contributed by atoms with E-state index < -0.39 is 12.0 Å². The molecular formula is C30H28ClN3O4S. The third-order valence-electron chi connectivity index (χ3n) is 6.79. The normalized spacial score (nSPS) is 15.2. The first kappa shape index (κ1) is 26.7. The molecule has 7 nitrogen and oxygen atoms in total. The second-order valence-corrected chi connectivity index (χ2v) is 10.7. The summed E-state index contributed by atoms with van der Waals surface area (Å²) >= 11 is 7.39. The summed E-state index contributed by atoms with van der Waals surface area (Å²) in [6, 6.07) is 16.4. The van der Waals surface area contributed by atoms with Gasteiger partial charge >= 0.3 is 5.97 Å². The molecule has 0 radical (unpaired) electrons. The van der Waals surface area contributed by atoms with Gasteiger partial charge in [-0.25, -0.2) is 9.79 Å². The average molecular weight is 562 g/mol. The monoisotopic (exact) mass is 561 g/mol. The van der Waals surface area contributed by atoms with Gasteiger partial charge in [-0.15, -0.1) is 0 Å². The lowest BCUT2D eigenvalue weighted by molar-refractivity contribution is -0.139. The van der Waals surface area contributed by atoms with Crippen molar-refractivity contribution in [1.29, 1.82) is 0 Å². The van der Waals surface area contributed by atoms with Crippen LogP contribution in [-0.4, -0.2) is 28.8 Å². The van der Waals surface area contributed by atoms with Crippen molar-refractivity contribution in [3.8, 4) is 11.4 Å². The van der Waals surface area contributed by atoms with Gasteiger partial charge in [-0.05, 0) is 87.4 Å². The van der Waals surface area contributed by atoms with Crippen molar-refractivity contribution in [2.24, 2.45) is 4.99 Å². The highest BCUT2D eigenvalue weighted by Gasteiger charge is 2.33. The Labute approximate surface area is 234 Å². The van der Waals surface area contributed by atoms with Crippen molar-refractivity contribution < 1.29 is 14.3 Å². The topological polar surface area (TPSA) is 74.8 Å². The molecule has 0 saturated carbocycles. The van der Waals surface area contributed by atoms with Gasteiger partial charge in [-0.1, -0.05) is 35.1 Å². The minimum absolute atomic E-state index is 0.217. The van der Waals surface area contributed by atoms with Crippen LogP contribution < -0.4 is 19.6 Å². The molecule has 0 bridgehead atoms. The zero-order chi connectivity index (χ0) is 27.8. The zero-order valence-electron chi connectivity index (χ0n) is 22.3. The maximum Gasteiger partial charge on any atom is 0.338 e. The number of fused-ring (bicyclic) bond motifs is 1. The SMILES string of the molecule is CCOC(=O)C1=C(C)N=c2s/c(=C\c3cc(C)n(-c4ccc(Cl)cc4)c3C)c(=O)n2C1c1ccc(OC)cc1. The number of aromatic nitrogens is 2. The molecule has 200 valence electrons. The van der Waals surface area contributed by atoms with Crippen LogP contribution in [0.25, 0.3) is 11.8 Å². The smallest absolute Gasteiger partial charge is 0.338 e. The van der Waals surface area contributed by atoms with Gasteiger partial charge < -0.3 is 14.0 Å². The van der Waals surface area contributed by atoms with E-state index in [4.69, 9.17) is 21.1 Å². The summed E-state index contributed by atoms with van der Waals surface area (Å²) in [6.07, 6.45) is 1.90. The van der Waals surface area contributed by atoms with Crippen molar-refractivity contribution in [2.75, 3.05) is 13.7 Å². The van der Waals surface area contributed by atoms with Gasteiger partial charge in [0.2, 0.25) is 0 Å². The summed E-state index contributed by atoms with van der Waals surface area (Å²) in [5, 5.41) is 0.673. The molecule has 2 aromatic heterocycles. The lowest BCUT2D eigenvalue weighted by Crippen LogP contribution is -2.39. The highest BCUT2D eigenvalue weighted by molar-refractivity contribution is 7.07. The standard InChI is InChI=1S/C30H28ClN3O4S/c1-6-38-29(36)26-18(3)32-30-34(27(26)20-7-13-24(37-5)14-8-20)28(35)25(39-30)16-21-15-17(2)33(19(21)4)23-11-9-22(31)10-12-23/h7-16,27H,6H2,1-5H3/b25-16-. The molecule has 1 aliphatic heterocycles. The Bertz CT molecular complexity index is 1780. The lowest BCUT2D eigenvalue weighted by Gasteiger charge is -2.24. The fourth-order valence-electron chi connectivity index (χ4n) is 4.96. The number of ether oxygens (including phenoxy) is 2. The highest BCUT2D eigenvalue weighted by Crippen LogP contribution is 2.31. The van der Waals surface area contributed by atoms with Crippen molar-refractivity contribution in [3.05, 3.63) is 113 Å². The predicted molar refractivity (Wildman–Crippen MR) is 154 cm³/mol. The van der Waals surface area contributed by atoms with Crippen LogP contribution in [0.5, 0.6) is 5.75 Å². The summed E-state index contributed by atoms with van der Waals surface area (Å²) in [5.74, 6) is 0.195. The van der Waals surface area contributed by atoms with E-state index in [0.717, 1.165) is 28.2 Å². The molecule has 3 heterocycles. The van der Waals surface area contributed by atoms with Crippen LogP contribution in [0.2, 0.25) is 5.02 Å². The summed E-state index contributed by atoms with van der Waals surface area (Å²) in [5.41, 5.74) is 5.37. The number of nitrogens with zero attached hydrogens (tertiary/aromatic N) is 3. The summed E-state index contributed by atoms with van der Waals surface area (Å²) in [7, 11) is 1.59. The van der Waals surface area contributed by atoms with Crippen molar-refractivity contribution >= 4 is 35.0 Å². The molecule has 1 unspecified atom stereocenters. The molecule has 0 saturated heterocycles. The van der Waals surface area contributed by atoms with E-state index in [2.05, 4.69) is 15.6 Å². The molecule has 39 heavy (non-hydrogen) atoms. The average Bonchev–Trinajstić information content (AvgIpc) is 3.38. The fraction of sp³-hybridized carbons (Fsp3) is 0.233.